The number of amides is 1. The Kier molecular flexibility index (Phi) is 5.74. The molecule has 5 rings (SSSR count). The van der Waals surface area contributed by atoms with Gasteiger partial charge in [0.25, 0.3) is 5.91 Å². The second-order valence-corrected chi connectivity index (χ2v) is 7.70. The fraction of sp³-hybridized carbons (Fsp3) is 0.400. The molecular weight excluding hydrogens is 404 g/mol. The lowest BCUT2D eigenvalue weighted by Gasteiger charge is -2.23. The van der Waals surface area contributed by atoms with Crippen LogP contribution < -0.4 is 21.7 Å². The Hall–Kier alpha value is -2.91. The molecule has 0 unspecified atom stereocenters. The van der Waals surface area contributed by atoms with E-state index in [1.807, 2.05) is 12.1 Å². The summed E-state index contributed by atoms with van der Waals surface area (Å²) in [7, 11) is 0. The summed E-state index contributed by atoms with van der Waals surface area (Å²) in [5, 5.41) is 19.0. The molecule has 2 aliphatic rings. The molecule has 1 aromatic carbocycles. The van der Waals surface area contributed by atoms with Crippen LogP contribution >= 0.6 is 12.4 Å². The van der Waals surface area contributed by atoms with E-state index in [0.29, 0.717) is 17.8 Å². The van der Waals surface area contributed by atoms with Crippen LogP contribution in [0.4, 0.5) is 17.5 Å². The normalized spacial score (nSPS) is 18.6. The number of anilines is 3. The van der Waals surface area contributed by atoms with Crippen molar-refractivity contribution in [1.29, 1.82) is 0 Å². The molecule has 158 valence electrons. The zero-order valence-corrected chi connectivity index (χ0v) is 17.3. The number of hydrogen-bond acceptors (Lipinski definition) is 7. The van der Waals surface area contributed by atoms with Crippen LogP contribution in [0, 0.1) is 0 Å². The average molecular weight is 429 g/mol. The Morgan fingerprint density at radius 2 is 2.07 bits per heavy atom. The molecule has 1 saturated heterocycles. The summed E-state index contributed by atoms with van der Waals surface area (Å²) in [6.07, 6.45) is 6.67. The van der Waals surface area contributed by atoms with Crippen LogP contribution in [0.15, 0.2) is 30.5 Å². The second kappa shape index (κ2) is 8.45. The third kappa shape index (κ3) is 4.03. The van der Waals surface area contributed by atoms with E-state index >= 15 is 0 Å². The monoisotopic (exact) mass is 428 g/mol. The lowest BCUT2D eigenvalue weighted by Crippen LogP contribution is -2.39. The molecule has 0 radical (unpaired) electrons. The summed E-state index contributed by atoms with van der Waals surface area (Å²) >= 11 is 0. The summed E-state index contributed by atoms with van der Waals surface area (Å²) in [6.45, 7) is 1.87. The highest BCUT2D eigenvalue weighted by Gasteiger charge is 2.25. The maximum Gasteiger partial charge on any atom is 0.273 e. The predicted octanol–water partition coefficient (Wildman–Crippen LogP) is 2.59. The van der Waals surface area contributed by atoms with E-state index in [9.17, 15) is 4.79 Å². The molecule has 1 amide bonds. The number of nitrogens with zero attached hydrogens (tertiary/aromatic N) is 4. The topological polar surface area (TPSA) is 123 Å². The van der Waals surface area contributed by atoms with Crippen molar-refractivity contribution in [3.05, 3.63) is 36.2 Å². The number of nitrogens with two attached hydrogens (primary N) is 1. The molecule has 1 atom stereocenters. The SMILES string of the molecule is Cl.NC(=O)c1nnc(N[C@H]2CCCNC2)nc1Nc1cccc2c1ccn2C1CC1. The Bertz CT molecular complexity index is 1060. The minimum Gasteiger partial charge on any atom is -0.364 e. The summed E-state index contributed by atoms with van der Waals surface area (Å²) in [5.41, 5.74) is 7.55. The number of piperidine rings is 1. The van der Waals surface area contributed by atoms with Crippen molar-refractivity contribution < 1.29 is 4.79 Å². The molecule has 1 aliphatic heterocycles. The number of hydrogen-bond donors (Lipinski definition) is 4. The van der Waals surface area contributed by atoms with Gasteiger partial charge in [-0.1, -0.05) is 6.07 Å². The van der Waals surface area contributed by atoms with Gasteiger partial charge in [0.1, 0.15) is 0 Å². The van der Waals surface area contributed by atoms with E-state index in [1.54, 1.807) is 0 Å². The van der Waals surface area contributed by atoms with Gasteiger partial charge < -0.3 is 26.3 Å². The molecule has 1 aliphatic carbocycles. The number of halogens is 1. The number of carbonyl (C=O) groups is 1. The smallest absolute Gasteiger partial charge is 0.273 e. The molecule has 3 aromatic rings. The zero-order valence-electron chi connectivity index (χ0n) is 16.5. The minimum atomic E-state index is -0.666. The third-order valence-corrected chi connectivity index (χ3v) is 5.51. The molecule has 0 bridgehead atoms. The van der Waals surface area contributed by atoms with Crippen molar-refractivity contribution in [2.24, 2.45) is 5.73 Å². The van der Waals surface area contributed by atoms with Crippen LogP contribution in [0.25, 0.3) is 10.9 Å². The number of primary amides is 1. The van der Waals surface area contributed by atoms with Gasteiger partial charge in [-0.15, -0.1) is 22.6 Å². The summed E-state index contributed by atoms with van der Waals surface area (Å²) in [5.74, 6) is 0.0282. The van der Waals surface area contributed by atoms with Crippen molar-refractivity contribution in [3.63, 3.8) is 0 Å². The highest BCUT2D eigenvalue weighted by molar-refractivity contribution is 5.99. The summed E-state index contributed by atoms with van der Waals surface area (Å²) in [6, 6.07) is 8.97. The molecule has 3 heterocycles. The molecular formula is C20H25ClN8O. The van der Waals surface area contributed by atoms with Gasteiger partial charge in [0.15, 0.2) is 11.5 Å². The lowest BCUT2D eigenvalue weighted by molar-refractivity contribution is 0.0995. The van der Waals surface area contributed by atoms with Crippen LogP contribution in [0.1, 0.15) is 42.2 Å². The van der Waals surface area contributed by atoms with Crippen molar-refractivity contribution in [2.45, 2.75) is 37.8 Å². The van der Waals surface area contributed by atoms with Crippen LogP contribution in [0.3, 0.4) is 0 Å². The Morgan fingerprint density at radius 1 is 1.20 bits per heavy atom. The number of fused-ring (bicyclic) bond motifs is 1. The van der Waals surface area contributed by atoms with E-state index in [-0.39, 0.29) is 24.1 Å². The molecule has 2 fully saturated rings. The van der Waals surface area contributed by atoms with E-state index < -0.39 is 5.91 Å². The largest absolute Gasteiger partial charge is 0.364 e. The van der Waals surface area contributed by atoms with E-state index in [0.717, 1.165) is 42.5 Å². The number of rotatable bonds is 6. The van der Waals surface area contributed by atoms with Crippen LogP contribution in [-0.4, -0.2) is 44.8 Å². The minimum absolute atomic E-state index is 0. The van der Waals surface area contributed by atoms with Gasteiger partial charge in [-0.2, -0.15) is 4.98 Å². The number of aromatic nitrogens is 4. The molecule has 2 aromatic heterocycles. The number of benzene rings is 1. The first-order valence-corrected chi connectivity index (χ1v) is 10.1. The summed E-state index contributed by atoms with van der Waals surface area (Å²) in [4.78, 5) is 16.4. The van der Waals surface area contributed by atoms with Crippen molar-refractivity contribution in [1.82, 2.24) is 25.1 Å². The quantitative estimate of drug-likeness (QED) is 0.475. The average Bonchev–Trinajstić information content (AvgIpc) is 3.47. The first-order valence-electron chi connectivity index (χ1n) is 10.1. The van der Waals surface area contributed by atoms with E-state index in [4.69, 9.17) is 5.73 Å². The third-order valence-electron chi connectivity index (χ3n) is 5.51. The molecule has 1 saturated carbocycles. The number of nitrogens with one attached hydrogen (secondary N) is 3. The number of carbonyl (C=O) groups excluding carboxylic acids is 1. The van der Waals surface area contributed by atoms with Gasteiger partial charge in [-0.3, -0.25) is 4.79 Å². The maximum atomic E-state index is 11.9. The van der Waals surface area contributed by atoms with Crippen molar-refractivity contribution in [2.75, 3.05) is 23.7 Å². The van der Waals surface area contributed by atoms with Crippen LogP contribution in [0.2, 0.25) is 0 Å². The van der Waals surface area contributed by atoms with Crippen LogP contribution in [-0.2, 0) is 0 Å². The van der Waals surface area contributed by atoms with Gasteiger partial charge in [-0.25, -0.2) is 0 Å². The van der Waals surface area contributed by atoms with E-state index in [2.05, 4.69) is 54.0 Å². The standard InChI is InChI=1S/C20H24N8O.ClH/c21-18(29)17-19(25-20(27-26-17)23-12-3-2-9-22-11-12)24-15-4-1-5-16-14(15)8-10-28(16)13-6-7-13;/h1,4-5,8,10,12-13,22H,2-3,6-7,9,11H2,(H2,21,29)(H2,23,24,25,27);1H/t12-;/m0./s1. The first-order chi connectivity index (χ1) is 14.2. The van der Waals surface area contributed by atoms with Gasteiger partial charge >= 0.3 is 0 Å². The molecule has 10 heteroatoms. The first kappa shape index (κ1) is 20.4. The van der Waals surface area contributed by atoms with Crippen molar-refractivity contribution >= 4 is 46.7 Å². The Labute approximate surface area is 180 Å². The highest BCUT2D eigenvalue weighted by Crippen LogP contribution is 2.39. The van der Waals surface area contributed by atoms with Gasteiger partial charge in [0, 0.05) is 35.9 Å². The van der Waals surface area contributed by atoms with Crippen molar-refractivity contribution in [3.8, 4) is 0 Å². The summed E-state index contributed by atoms with van der Waals surface area (Å²) < 4.78 is 2.30. The van der Waals surface area contributed by atoms with E-state index in [1.165, 1.54) is 12.8 Å². The molecule has 0 spiro atoms. The highest BCUT2D eigenvalue weighted by atomic mass is 35.5. The molecule has 30 heavy (non-hydrogen) atoms. The Morgan fingerprint density at radius 3 is 2.80 bits per heavy atom. The van der Waals surface area contributed by atoms with Gasteiger partial charge in [0.05, 0.1) is 5.52 Å². The molecule has 9 nitrogen and oxygen atoms in total. The second-order valence-electron chi connectivity index (χ2n) is 7.70. The van der Waals surface area contributed by atoms with Crippen LogP contribution in [0.5, 0.6) is 0 Å². The van der Waals surface area contributed by atoms with Gasteiger partial charge in [0.2, 0.25) is 5.95 Å². The fourth-order valence-corrected chi connectivity index (χ4v) is 3.89. The zero-order chi connectivity index (χ0) is 19.8. The van der Waals surface area contributed by atoms with Gasteiger partial charge in [-0.05, 0) is 50.4 Å². The fourth-order valence-electron chi connectivity index (χ4n) is 3.89. The molecule has 5 N–H and O–H groups in total. The predicted molar refractivity (Wildman–Crippen MR) is 119 cm³/mol. The maximum absolute atomic E-state index is 11.9. The lowest BCUT2D eigenvalue weighted by atomic mass is 10.1. The Balaban J connectivity index is 0.00000218.